The fourth-order valence-electron chi connectivity index (χ4n) is 1.30. The predicted octanol–water partition coefficient (Wildman–Crippen LogP) is 1.88. The number of aryl methyl sites for hydroxylation is 1. The number of para-hydroxylation sites is 2. The smallest absolute Gasteiger partial charge is 0.374 e. The van der Waals surface area contributed by atoms with Crippen molar-refractivity contribution in [1.29, 1.82) is 0 Å². The molecule has 0 atom stereocenters. The molecule has 0 amide bonds. The number of fused-ring (bicyclic) bond motifs is 1. The van der Waals surface area contributed by atoms with Crippen molar-refractivity contribution in [3.8, 4) is 0 Å². The molecule has 0 aliphatic rings. The van der Waals surface area contributed by atoms with Crippen LogP contribution < -0.4 is 4.57 Å². The number of halogens is 1. The first-order chi connectivity index (χ1) is 5.83. The van der Waals surface area contributed by atoms with E-state index in [0.29, 0.717) is 12.1 Å². The first-order valence-electron chi connectivity index (χ1n) is 3.90. The Morgan fingerprint density at radius 3 is 2.92 bits per heavy atom. The summed E-state index contributed by atoms with van der Waals surface area (Å²) >= 11 is 0. The van der Waals surface area contributed by atoms with E-state index in [2.05, 4.69) is 0 Å². The van der Waals surface area contributed by atoms with Crippen molar-refractivity contribution in [2.45, 2.75) is 13.5 Å². The van der Waals surface area contributed by atoms with Crippen molar-refractivity contribution in [3.05, 3.63) is 30.4 Å². The molecule has 0 aliphatic carbocycles. The monoisotopic (exact) mass is 166 g/mol. The summed E-state index contributed by atoms with van der Waals surface area (Å²) in [5.74, 6) is 0. The minimum absolute atomic E-state index is 0.529. The van der Waals surface area contributed by atoms with Crippen LogP contribution in [0.25, 0.3) is 11.1 Å². The van der Waals surface area contributed by atoms with Crippen molar-refractivity contribution in [1.82, 2.24) is 0 Å². The number of hydrogen-bond acceptors (Lipinski definition) is 1. The number of hydrogen-bond donors (Lipinski definition) is 0. The highest BCUT2D eigenvalue weighted by Gasteiger charge is 2.19. The standard InChI is InChI=1S/C9H9FNO/c1-2-11-7-5-3-4-6-8(7)12-9(11)10/h3-6H,2H2,1H3/q+1. The second-order valence-corrected chi connectivity index (χ2v) is 2.57. The third-order valence-electron chi connectivity index (χ3n) is 1.88. The second kappa shape index (κ2) is 2.59. The molecule has 0 N–H and O–H groups in total. The van der Waals surface area contributed by atoms with Gasteiger partial charge in [-0.15, -0.1) is 8.96 Å². The van der Waals surface area contributed by atoms with E-state index >= 15 is 0 Å². The molecular weight excluding hydrogens is 157 g/mol. The molecule has 2 aromatic rings. The average molecular weight is 166 g/mol. The highest BCUT2D eigenvalue weighted by atomic mass is 19.1. The number of aromatic nitrogens is 1. The molecule has 0 fully saturated rings. The molecule has 0 aliphatic heterocycles. The lowest BCUT2D eigenvalue weighted by Crippen LogP contribution is -2.34. The van der Waals surface area contributed by atoms with Gasteiger partial charge in [-0.2, -0.15) is 0 Å². The zero-order valence-electron chi connectivity index (χ0n) is 6.75. The Balaban J connectivity index is 2.81. The Hall–Kier alpha value is -1.38. The Kier molecular flexibility index (Phi) is 1.57. The van der Waals surface area contributed by atoms with Gasteiger partial charge in [-0.25, -0.2) is 0 Å². The molecule has 1 aromatic carbocycles. The molecule has 1 heterocycles. The fraction of sp³-hybridized carbons (Fsp3) is 0.222. The molecule has 2 rings (SSSR count). The van der Waals surface area contributed by atoms with E-state index < -0.39 is 6.14 Å². The van der Waals surface area contributed by atoms with Gasteiger partial charge >= 0.3 is 6.14 Å². The number of rotatable bonds is 1. The summed E-state index contributed by atoms with van der Waals surface area (Å²) in [5, 5.41) is 0. The molecule has 2 nitrogen and oxygen atoms in total. The number of benzene rings is 1. The molecule has 0 unspecified atom stereocenters. The average Bonchev–Trinajstić information content (AvgIpc) is 2.40. The van der Waals surface area contributed by atoms with Crippen LogP contribution in [0.5, 0.6) is 0 Å². The van der Waals surface area contributed by atoms with E-state index in [1.807, 2.05) is 25.1 Å². The van der Waals surface area contributed by atoms with E-state index in [1.54, 1.807) is 6.07 Å². The van der Waals surface area contributed by atoms with Crippen LogP contribution in [0.15, 0.2) is 28.7 Å². The van der Waals surface area contributed by atoms with Crippen molar-refractivity contribution < 1.29 is 13.4 Å². The molecule has 62 valence electrons. The van der Waals surface area contributed by atoms with Gasteiger partial charge in [0.15, 0.2) is 6.54 Å². The molecule has 1 aromatic heterocycles. The van der Waals surface area contributed by atoms with E-state index in [1.165, 1.54) is 4.57 Å². The maximum absolute atomic E-state index is 13.0. The van der Waals surface area contributed by atoms with Crippen molar-refractivity contribution >= 4 is 11.1 Å². The van der Waals surface area contributed by atoms with Crippen LogP contribution in [0, 0.1) is 6.14 Å². The fourth-order valence-corrected chi connectivity index (χ4v) is 1.30. The first-order valence-corrected chi connectivity index (χ1v) is 3.90. The van der Waals surface area contributed by atoms with Gasteiger partial charge in [0.05, 0.1) is 0 Å². The third-order valence-corrected chi connectivity index (χ3v) is 1.88. The molecule has 0 radical (unpaired) electrons. The first kappa shape index (κ1) is 7.28. The lowest BCUT2D eigenvalue weighted by molar-refractivity contribution is -0.703. The zero-order valence-corrected chi connectivity index (χ0v) is 6.75. The summed E-state index contributed by atoms with van der Waals surface area (Å²) in [6, 6.07) is 7.28. The van der Waals surface area contributed by atoms with Crippen molar-refractivity contribution in [2.24, 2.45) is 0 Å². The highest BCUT2D eigenvalue weighted by Crippen LogP contribution is 2.11. The van der Waals surface area contributed by atoms with Crippen LogP contribution in [0.4, 0.5) is 4.39 Å². The second-order valence-electron chi connectivity index (χ2n) is 2.57. The minimum atomic E-state index is -0.529. The van der Waals surface area contributed by atoms with Crippen LogP contribution in [0.3, 0.4) is 0 Å². The maximum Gasteiger partial charge on any atom is 0.549 e. The summed E-state index contributed by atoms with van der Waals surface area (Å²) in [4.78, 5) is 0. The molecule has 0 saturated carbocycles. The molecule has 0 bridgehead atoms. The highest BCUT2D eigenvalue weighted by molar-refractivity contribution is 5.67. The quantitative estimate of drug-likeness (QED) is 0.591. The largest absolute Gasteiger partial charge is 0.549 e. The molecular formula is C9H9FNO+. The van der Waals surface area contributed by atoms with Gasteiger partial charge in [-0.05, 0) is 13.0 Å². The Labute approximate surface area is 69.2 Å². The zero-order chi connectivity index (χ0) is 8.55. The topological polar surface area (TPSA) is 17.0 Å². The summed E-state index contributed by atoms with van der Waals surface area (Å²) < 4.78 is 19.4. The van der Waals surface area contributed by atoms with Crippen LogP contribution in [0.1, 0.15) is 6.92 Å². The summed E-state index contributed by atoms with van der Waals surface area (Å²) in [6.45, 7) is 2.47. The summed E-state index contributed by atoms with van der Waals surface area (Å²) in [6.07, 6.45) is -0.529. The molecule has 0 saturated heterocycles. The normalized spacial score (nSPS) is 10.8. The van der Waals surface area contributed by atoms with Gasteiger partial charge in [0.1, 0.15) is 0 Å². The Morgan fingerprint density at radius 2 is 2.17 bits per heavy atom. The lowest BCUT2D eigenvalue weighted by atomic mass is 10.3. The molecule has 12 heavy (non-hydrogen) atoms. The van der Waals surface area contributed by atoms with E-state index in [-0.39, 0.29) is 0 Å². The van der Waals surface area contributed by atoms with Crippen molar-refractivity contribution in [3.63, 3.8) is 0 Å². The van der Waals surface area contributed by atoms with Gasteiger partial charge in [0.25, 0.3) is 5.52 Å². The van der Waals surface area contributed by atoms with E-state index in [4.69, 9.17) is 4.42 Å². The summed E-state index contributed by atoms with van der Waals surface area (Å²) in [5.41, 5.74) is 1.40. The van der Waals surface area contributed by atoms with Gasteiger partial charge in [-0.1, -0.05) is 12.1 Å². The molecule has 0 spiro atoms. The third kappa shape index (κ3) is 0.897. The summed E-state index contributed by atoms with van der Waals surface area (Å²) in [7, 11) is 0. The van der Waals surface area contributed by atoms with Crippen LogP contribution >= 0.6 is 0 Å². The van der Waals surface area contributed by atoms with Crippen LogP contribution in [-0.2, 0) is 6.54 Å². The van der Waals surface area contributed by atoms with Crippen molar-refractivity contribution in [2.75, 3.05) is 0 Å². The van der Waals surface area contributed by atoms with Gasteiger partial charge in [-0.3, -0.25) is 0 Å². The van der Waals surface area contributed by atoms with Crippen LogP contribution in [0.2, 0.25) is 0 Å². The van der Waals surface area contributed by atoms with Crippen LogP contribution in [-0.4, -0.2) is 0 Å². The lowest BCUT2D eigenvalue weighted by Gasteiger charge is -1.83. The van der Waals surface area contributed by atoms with Gasteiger partial charge in [0, 0.05) is 6.07 Å². The SMILES string of the molecule is CC[n+]1c(F)oc2ccccc21. The van der Waals surface area contributed by atoms with E-state index in [0.717, 1.165) is 5.52 Å². The van der Waals surface area contributed by atoms with Gasteiger partial charge < -0.3 is 4.42 Å². The predicted molar refractivity (Wildman–Crippen MR) is 42.0 cm³/mol. The van der Waals surface area contributed by atoms with Gasteiger partial charge in [0.2, 0.25) is 5.58 Å². The Bertz CT molecular complexity index is 408. The minimum Gasteiger partial charge on any atom is -0.374 e. The Morgan fingerprint density at radius 1 is 1.42 bits per heavy atom. The number of oxazole rings is 1. The van der Waals surface area contributed by atoms with E-state index in [9.17, 15) is 4.39 Å². The maximum atomic E-state index is 13.0. The number of nitrogens with zero attached hydrogens (tertiary/aromatic N) is 1. The molecule has 3 heteroatoms.